The Balaban J connectivity index is 1.66. The number of nitrogens with zero attached hydrogens (tertiary/aromatic N) is 2. The van der Waals surface area contributed by atoms with Crippen LogP contribution in [0.3, 0.4) is 0 Å². The molecule has 1 aliphatic heterocycles. The fourth-order valence-corrected chi connectivity index (χ4v) is 3.79. The zero-order valence-electron chi connectivity index (χ0n) is 15.6. The zero-order chi connectivity index (χ0) is 18.6. The number of hydrogen-bond donors (Lipinski definition) is 0. The number of carbonyl (C=O) groups excluding carboxylic acids is 1. The molecule has 2 heterocycles. The standard InChI is InChI=1S/C23H24N2O2/c1-2-27-23(26)18-12-14-25(15-13-18)22-16-21(17-8-4-3-5-9-17)24-20-11-7-6-10-19(20)22/h3-11,16,18H,2,12-15H2,1H3. The van der Waals surface area contributed by atoms with Crippen LogP contribution in [0.2, 0.25) is 0 Å². The summed E-state index contributed by atoms with van der Waals surface area (Å²) in [5.41, 5.74) is 4.30. The molecule has 0 spiro atoms. The van der Waals surface area contributed by atoms with Gasteiger partial charge in [0.2, 0.25) is 0 Å². The second-order valence-corrected chi connectivity index (χ2v) is 6.92. The van der Waals surface area contributed by atoms with Crippen LogP contribution in [0.4, 0.5) is 5.69 Å². The number of ether oxygens (including phenoxy) is 1. The summed E-state index contributed by atoms with van der Waals surface area (Å²) in [5.74, 6) is -0.0374. The predicted molar refractivity (Wildman–Crippen MR) is 109 cm³/mol. The minimum atomic E-state index is -0.0540. The number of para-hydroxylation sites is 1. The molecule has 2 aromatic carbocycles. The van der Waals surface area contributed by atoms with Crippen LogP contribution in [0.1, 0.15) is 19.8 Å². The normalized spacial score (nSPS) is 15.1. The van der Waals surface area contributed by atoms with E-state index in [1.54, 1.807) is 0 Å². The minimum absolute atomic E-state index is 0.0166. The Kier molecular flexibility index (Phi) is 5.05. The molecule has 0 atom stereocenters. The Hall–Kier alpha value is -2.88. The van der Waals surface area contributed by atoms with Crippen LogP contribution >= 0.6 is 0 Å². The molecule has 27 heavy (non-hydrogen) atoms. The summed E-state index contributed by atoms with van der Waals surface area (Å²) in [5, 5.41) is 1.16. The first-order valence-corrected chi connectivity index (χ1v) is 9.63. The van der Waals surface area contributed by atoms with Crippen molar-refractivity contribution in [1.29, 1.82) is 0 Å². The molecule has 1 aromatic heterocycles. The smallest absolute Gasteiger partial charge is 0.309 e. The average molecular weight is 360 g/mol. The molecule has 1 fully saturated rings. The lowest BCUT2D eigenvalue weighted by Crippen LogP contribution is -2.37. The maximum Gasteiger partial charge on any atom is 0.309 e. The van der Waals surface area contributed by atoms with Crippen molar-refractivity contribution in [2.75, 3.05) is 24.6 Å². The molecule has 1 aliphatic rings. The number of benzene rings is 2. The van der Waals surface area contributed by atoms with Gasteiger partial charge in [-0.1, -0.05) is 48.5 Å². The first-order valence-electron chi connectivity index (χ1n) is 9.63. The number of carbonyl (C=O) groups is 1. The second kappa shape index (κ2) is 7.78. The van der Waals surface area contributed by atoms with Gasteiger partial charge >= 0.3 is 5.97 Å². The fourth-order valence-electron chi connectivity index (χ4n) is 3.79. The maximum atomic E-state index is 12.0. The summed E-state index contributed by atoms with van der Waals surface area (Å²) >= 11 is 0. The number of rotatable bonds is 4. The highest BCUT2D eigenvalue weighted by Crippen LogP contribution is 2.33. The summed E-state index contributed by atoms with van der Waals surface area (Å²) in [6.07, 6.45) is 1.66. The number of hydrogen-bond acceptors (Lipinski definition) is 4. The zero-order valence-corrected chi connectivity index (χ0v) is 15.6. The molecule has 0 aliphatic carbocycles. The van der Waals surface area contributed by atoms with Crippen molar-refractivity contribution in [2.24, 2.45) is 5.92 Å². The van der Waals surface area contributed by atoms with E-state index >= 15 is 0 Å². The number of piperidine rings is 1. The van der Waals surface area contributed by atoms with Crippen molar-refractivity contribution in [1.82, 2.24) is 4.98 Å². The second-order valence-electron chi connectivity index (χ2n) is 6.92. The fraction of sp³-hybridized carbons (Fsp3) is 0.304. The van der Waals surface area contributed by atoms with Crippen LogP contribution in [0, 0.1) is 5.92 Å². The lowest BCUT2D eigenvalue weighted by molar-refractivity contribution is -0.148. The Bertz CT molecular complexity index is 932. The van der Waals surface area contributed by atoms with E-state index in [9.17, 15) is 4.79 Å². The van der Waals surface area contributed by atoms with Gasteiger partial charge in [0, 0.05) is 29.7 Å². The highest BCUT2D eigenvalue weighted by molar-refractivity contribution is 5.94. The van der Waals surface area contributed by atoms with Gasteiger partial charge in [-0.05, 0) is 31.9 Å². The van der Waals surface area contributed by atoms with Gasteiger partial charge < -0.3 is 9.64 Å². The van der Waals surface area contributed by atoms with Gasteiger partial charge in [-0.15, -0.1) is 0 Å². The molecule has 0 N–H and O–H groups in total. The van der Waals surface area contributed by atoms with Crippen LogP contribution in [0.5, 0.6) is 0 Å². The van der Waals surface area contributed by atoms with E-state index in [1.807, 2.05) is 31.2 Å². The van der Waals surface area contributed by atoms with Gasteiger partial charge in [0.15, 0.2) is 0 Å². The molecule has 0 saturated carbocycles. The van der Waals surface area contributed by atoms with Crippen molar-refractivity contribution in [3.8, 4) is 11.3 Å². The molecular formula is C23H24N2O2. The monoisotopic (exact) mass is 360 g/mol. The quantitative estimate of drug-likeness (QED) is 0.634. The van der Waals surface area contributed by atoms with Crippen LogP contribution in [0.15, 0.2) is 60.7 Å². The third kappa shape index (κ3) is 3.65. The van der Waals surface area contributed by atoms with E-state index in [1.165, 1.54) is 5.69 Å². The van der Waals surface area contributed by atoms with Crippen LogP contribution in [0.25, 0.3) is 22.2 Å². The molecule has 138 valence electrons. The van der Waals surface area contributed by atoms with E-state index in [0.717, 1.165) is 48.1 Å². The third-order valence-corrected chi connectivity index (χ3v) is 5.22. The van der Waals surface area contributed by atoms with Crippen LogP contribution in [-0.4, -0.2) is 30.6 Å². The van der Waals surface area contributed by atoms with Crippen LogP contribution in [-0.2, 0) is 9.53 Å². The van der Waals surface area contributed by atoms with E-state index < -0.39 is 0 Å². The highest BCUT2D eigenvalue weighted by atomic mass is 16.5. The topological polar surface area (TPSA) is 42.4 Å². The van der Waals surface area contributed by atoms with Crippen molar-refractivity contribution in [2.45, 2.75) is 19.8 Å². The third-order valence-electron chi connectivity index (χ3n) is 5.22. The molecule has 4 heteroatoms. The molecule has 0 radical (unpaired) electrons. The molecule has 4 rings (SSSR count). The van der Waals surface area contributed by atoms with E-state index in [0.29, 0.717) is 6.61 Å². The summed E-state index contributed by atoms with van der Waals surface area (Å²) in [4.78, 5) is 19.3. The summed E-state index contributed by atoms with van der Waals surface area (Å²) in [7, 11) is 0. The number of esters is 1. The largest absolute Gasteiger partial charge is 0.466 e. The first-order chi connectivity index (χ1) is 13.3. The number of pyridine rings is 1. The highest BCUT2D eigenvalue weighted by Gasteiger charge is 2.27. The van der Waals surface area contributed by atoms with Crippen LogP contribution < -0.4 is 4.90 Å². The van der Waals surface area contributed by atoms with Crippen molar-refractivity contribution >= 4 is 22.6 Å². The number of aromatic nitrogens is 1. The van der Waals surface area contributed by atoms with Gasteiger partial charge in [0.1, 0.15) is 0 Å². The van der Waals surface area contributed by atoms with Gasteiger partial charge in [-0.25, -0.2) is 4.98 Å². The summed E-state index contributed by atoms with van der Waals surface area (Å²) in [6, 6.07) is 20.7. The molecule has 4 nitrogen and oxygen atoms in total. The van der Waals surface area contributed by atoms with Gasteiger partial charge in [0.05, 0.1) is 23.7 Å². The predicted octanol–water partition coefficient (Wildman–Crippen LogP) is 4.68. The van der Waals surface area contributed by atoms with Crippen molar-refractivity contribution in [3.63, 3.8) is 0 Å². The Morgan fingerprint density at radius 2 is 1.78 bits per heavy atom. The summed E-state index contributed by atoms with van der Waals surface area (Å²) < 4.78 is 5.20. The lowest BCUT2D eigenvalue weighted by Gasteiger charge is -2.33. The van der Waals surface area contributed by atoms with Gasteiger partial charge in [0.25, 0.3) is 0 Å². The SMILES string of the molecule is CCOC(=O)C1CCN(c2cc(-c3ccccc3)nc3ccccc23)CC1. The molecule has 1 saturated heterocycles. The Morgan fingerprint density at radius 3 is 2.52 bits per heavy atom. The van der Waals surface area contributed by atoms with Gasteiger partial charge in [-0.2, -0.15) is 0 Å². The number of fused-ring (bicyclic) bond motifs is 1. The van der Waals surface area contributed by atoms with E-state index in [4.69, 9.17) is 9.72 Å². The minimum Gasteiger partial charge on any atom is -0.466 e. The van der Waals surface area contributed by atoms with Crippen molar-refractivity contribution in [3.05, 3.63) is 60.7 Å². The van der Waals surface area contributed by atoms with Crippen molar-refractivity contribution < 1.29 is 9.53 Å². The van der Waals surface area contributed by atoms with Gasteiger partial charge in [-0.3, -0.25) is 4.79 Å². The Labute approximate surface area is 159 Å². The average Bonchev–Trinajstić information content (AvgIpc) is 2.74. The number of anilines is 1. The van der Waals surface area contributed by atoms with E-state index in [-0.39, 0.29) is 11.9 Å². The molecule has 0 unspecified atom stereocenters. The lowest BCUT2D eigenvalue weighted by atomic mass is 9.96. The molecule has 0 bridgehead atoms. The maximum absolute atomic E-state index is 12.0. The summed E-state index contributed by atoms with van der Waals surface area (Å²) in [6.45, 7) is 4.02. The molecule has 3 aromatic rings. The van der Waals surface area contributed by atoms with E-state index in [2.05, 4.69) is 41.3 Å². The molecular weight excluding hydrogens is 336 g/mol. The first kappa shape index (κ1) is 17.5. The Morgan fingerprint density at radius 1 is 1.07 bits per heavy atom. The molecule has 0 amide bonds.